The van der Waals surface area contributed by atoms with Gasteiger partial charge in [-0.1, -0.05) is 67.0 Å². The Hall–Kier alpha value is -2.99. The van der Waals surface area contributed by atoms with Crippen LogP contribution in [0.2, 0.25) is 0 Å². The van der Waals surface area contributed by atoms with E-state index in [1.54, 1.807) is 12.3 Å². The molecule has 6 heteroatoms. The molecule has 0 radical (unpaired) electrons. The predicted molar refractivity (Wildman–Crippen MR) is 135 cm³/mol. The zero-order chi connectivity index (χ0) is 23.0. The largest absolute Gasteiger partial charge is 0.344 e. The Morgan fingerprint density at radius 3 is 2.47 bits per heavy atom. The van der Waals surface area contributed by atoms with Crippen LogP contribution in [0.4, 0.5) is 0 Å². The number of halogens is 1. The van der Waals surface area contributed by atoms with Crippen molar-refractivity contribution in [3.63, 3.8) is 0 Å². The molecule has 0 saturated carbocycles. The predicted octanol–water partition coefficient (Wildman–Crippen LogP) is 5.81. The minimum absolute atomic E-state index is 0.171. The van der Waals surface area contributed by atoms with E-state index in [4.69, 9.17) is 4.98 Å². The zero-order valence-electron chi connectivity index (χ0n) is 19.1. The molecule has 0 fully saturated rings. The lowest BCUT2D eigenvalue weighted by Gasteiger charge is -2.20. The molecule has 2 aromatic heterocycles. The van der Waals surface area contributed by atoms with Gasteiger partial charge in [0.2, 0.25) is 0 Å². The highest BCUT2D eigenvalue weighted by atomic mass is 79.9. The molecule has 0 aliphatic heterocycles. The van der Waals surface area contributed by atoms with Gasteiger partial charge in [-0.2, -0.15) is 9.78 Å². The van der Waals surface area contributed by atoms with Gasteiger partial charge >= 0.3 is 0 Å². The normalized spacial score (nSPS) is 12.2. The molecule has 0 aliphatic carbocycles. The van der Waals surface area contributed by atoms with Gasteiger partial charge in [-0.05, 0) is 43.7 Å². The van der Waals surface area contributed by atoms with Crippen molar-refractivity contribution in [1.29, 1.82) is 0 Å². The SMILES string of the molecule is Cc1cc(C=Nn2c(C(C)(C)C)nc3ccc(Br)cc3c2=O)c(C)n1Cc1ccccc1. The number of benzene rings is 2. The summed E-state index contributed by atoms with van der Waals surface area (Å²) in [7, 11) is 0. The molecule has 164 valence electrons. The summed E-state index contributed by atoms with van der Waals surface area (Å²) < 4.78 is 4.55. The van der Waals surface area contributed by atoms with Crippen molar-refractivity contribution in [2.24, 2.45) is 5.10 Å². The maximum Gasteiger partial charge on any atom is 0.282 e. The van der Waals surface area contributed by atoms with Crippen molar-refractivity contribution in [3.8, 4) is 0 Å². The van der Waals surface area contributed by atoms with E-state index >= 15 is 0 Å². The molecule has 4 aromatic rings. The lowest BCUT2D eigenvalue weighted by atomic mass is 9.95. The smallest absolute Gasteiger partial charge is 0.282 e. The summed E-state index contributed by atoms with van der Waals surface area (Å²) in [5.41, 5.74) is 4.65. The lowest BCUT2D eigenvalue weighted by Crippen LogP contribution is -2.29. The van der Waals surface area contributed by atoms with Crippen LogP contribution in [0, 0.1) is 13.8 Å². The van der Waals surface area contributed by atoms with E-state index in [2.05, 4.69) is 69.8 Å². The van der Waals surface area contributed by atoms with Gasteiger partial charge < -0.3 is 4.57 Å². The highest BCUT2D eigenvalue weighted by Crippen LogP contribution is 2.23. The second-order valence-corrected chi connectivity index (χ2v) is 10.0. The topological polar surface area (TPSA) is 52.2 Å². The molecular formula is C26H27BrN4O. The highest BCUT2D eigenvalue weighted by Gasteiger charge is 2.23. The number of nitrogens with zero attached hydrogens (tertiary/aromatic N) is 4. The van der Waals surface area contributed by atoms with Crippen LogP contribution in [0.25, 0.3) is 10.9 Å². The number of aromatic nitrogens is 3. The van der Waals surface area contributed by atoms with Crippen LogP contribution >= 0.6 is 15.9 Å². The Labute approximate surface area is 196 Å². The fourth-order valence-electron chi connectivity index (χ4n) is 3.83. The van der Waals surface area contributed by atoms with E-state index in [0.29, 0.717) is 16.7 Å². The van der Waals surface area contributed by atoms with Gasteiger partial charge in [-0.3, -0.25) is 4.79 Å². The molecule has 0 bridgehead atoms. The molecule has 0 saturated heterocycles. The molecule has 0 amide bonds. The number of rotatable bonds is 4. The molecule has 2 heterocycles. The Bertz CT molecular complexity index is 1380. The van der Waals surface area contributed by atoms with Crippen LogP contribution in [0.5, 0.6) is 0 Å². The van der Waals surface area contributed by atoms with Gasteiger partial charge in [0.1, 0.15) is 5.82 Å². The van der Waals surface area contributed by atoms with E-state index in [1.165, 1.54) is 10.2 Å². The second kappa shape index (κ2) is 8.51. The van der Waals surface area contributed by atoms with E-state index in [9.17, 15) is 4.79 Å². The lowest BCUT2D eigenvalue weighted by molar-refractivity contribution is 0.506. The molecule has 2 aromatic carbocycles. The number of fused-ring (bicyclic) bond motifs is 1. The van der Waals surface area contributed by atoms with E-state index in [-0.39, 0.29) is 11.0 Å². The van der Waals surface area contributed by atoms with E-state index in [0.717, 1.165) is 28.0 Å². The molecule has 0 aliphatic rings. The maximum absolute atomic E-state index is 13.4. The van der Waals surface area contributed by atoms with Gasteiger partial charge in [0.15, 0.2) is 0 Å². The molecule has 0 N–H and O–H groups in total. The van der Waals surface area contributed by atoms with Gasteiger partial charge in [-0.15, -0.1) is 0 Å². The van der Waals surface area contributed by atoms with Crippen molar-refractivity contribution in [2.75, 3.05) is 0 Å². The molecule has 5 nitrogen and oxygen atoms in total. The van der Waals surface area contributed by atoms with Gasteiger partial charge in [0, 0.05) is 33.4 Å². The summed E-state index contributed by atoms with van der Waals surface area (Å²) in [6, 6.07) is 18.1. The highest BCUT2D eigenvalue weighted by molar-refractivity contribution is 9.10. The zero-order valence-corrected chi connectivity index (χ0v) is 20.6. The van der Waals surface area contributed by atoms with Crippen molar-refractivity contribution in [2.45, 2.75) is 46.6 Å². The summed E-state index contributed by atoms with van der Waals surface area (Å²) in [6.45, 7) is 11.1. The molecule has 32 heavy (non-hydrogen) atoms. The summed E-state index contributed by atoms with van der Waals surface area (Å²) in [4.78, 5) is 18.1. The second-order valence-electron chi connectivity index (χ2n) is 9.11. The fraction of sp³-hybridized carbons (Fsp3) is 0.269. The van der Waals surface area contributed by atoms with Crippen molar-refractivity contribution < 1.29 is 0 Å². The number of hydrogen-bond donors (Lipinski definition) is 0. The third-order valence-electron chi connectivity index (χ3n) is 5.59. The third kappa shape index (κ3) is 4.32. The fourth-order valence-corrected chi connectivity index (χ4v) is 4.19. The first-order chi connectivity index (χ1) is 15.1. The molecule has 0 spiro atoms. The maximum atomic E-state index is 13.4. The van der Waals surface area contributed by atoms with Crippen LogP contribution in [-0.4, -0.2) is 20.4 Å². The quantitative estimate of drug-likeness (QED) is 0.339. The van der Waals surface area contributed by atoms with Crippen LogP contribution in [0.3, 0.4) is 0 Å². The Kier molecular flexibility index (Phi) is 5.91. The number of aryl methyl sites for hydroxylation is 1. The Balaban J connectivity index is 1.80. The van der Waals surface area contributed by atoms with Gasteiger partial charge in [0.25, 0.3) is 5.56 Å². The average Bonchev–Trinajstić information content (AvgIpc) is 3.01. The standard InChI is InChI=1S/C26H27BrN4O/c1-17-13-20(18(2)30(17)16-19-9-7-6-8-10-19)15-28-31-24(32)22-14-21(27)11-12-23(22)29-25(31)26(3,4)5/h6-15H,16H2,1-5H3. The first-order valence-electron chi connectivity index (χ1n) is 10.6. The summed E-state index contributed by atoms with van der Waals surface area (Å²) in [5, 5.41) is 5.17. The summed E-state index contributed by atoms with van der Waals surface area (Å²) in [6.07, 6.45) is 1.77. The van der Waals surface area contributed by atoms with Crippen LogP contribution in [-0.2, 0) is 12.0 Å². The van der Waals surface area contributed by atoms with Crippen molar-refractivity contribution in [3.05, 3.63) is 97.8 Å². The monoisotopic (exact) mass is 490 g/mol. The van der Waals surface area contributed by atoms with Crippen molar-refractivity contribution in [1.82, 2.24) is 14.2 Å². The third-order valence-corrected chi connectivity index (χ3v) is 6.08. The van der Waals surface area contributed by atoms with Crippen LogP contribution in [0.1, 0.15) is 49.1 Å². The minimum Gasteiger partial charge on any atom is -0.344 e. The van der Waals surface area contributed by atoms with Gasteiger partial charge in [-0.25, -0.2) is 4.98 Å². The Morgan fingerprint density at radius 1 is 1.06 bits per heavy atom. The number of hydrogen-bond acceptors (Lipinski definition) is 3. The minimum atomic E-state index is -0.345. The molecule has 0 atom stereocenters. The molecule has 4 rings (SSSR count). The Morgan fingerprint density at radius 2 is 1.78 bits per heavy atom. The average molecular weight is 491 g/mol. The van der Waals surface area contributed by atoms with Crippen LogP contribution < -0.4 is 5.56 Å². The van der Waals surface area contributed by atoms with Crippen molar-refractivity contribution >= 4 is 33.0 Å². The summed E-state index contributed by atoms with van der Waals surface area (Å²) >= 11 is 3.46. The van der Waals surface area contributed by atoms with E-state index in [1.807, 2.05) is 39.0 Å². The van der Waals surface area contributed by atoms with Crippen LogP contribution in [0.15, 0.2) is 69.0 Å². The molecular weight excluding hydrogens is 464 g/mol. The molecule has 0 unspecified atom stereocenters. The first kappa shape index (κ1) is 22.2. The van der Waals surface area contributed by atoms with E-state index < -0.39 is 0 Å². The summed E-state index contributed by atoms with van der Waals surface area (Å²) in [5.74, 6) is 0.631. The first-order valence-corrected chi connectivity index (χ1v) is 11.4. The van der Waals surface area contributed by atoms with Gasteiger partial charge in [0.05, 0.1) is 17.1 Å².